The maximum Gasteiger partial charge on any atom is 0.303 e. The van der Waals surface area contributed by atoms with Gasteiger partial charge in [0, 0.05) is 12.8 Å². The zero-order chi connectivity index (χ0) is 10.4. The van der Waals surface area contributed by atoms with Crippen LogP contribution in [0.2, 0.25) is 0 Å². The highest BCUT2D eigenvalue weighted by molar-refractivity contribution is 5.66. The van der Waals surface area contributed by atoms with E-state index in [1.165, 1.54) is 10.9 Å². The van der Waals surface area contributed by atoms with Crippen LogP contribution < -0.4 is 9.79 Å². The number of carboxylic acid groups (broad SMARTS) is 1. The molecule has 0 unspecified atom stereocenters. The van der Waals surface area contributed by atoms with Crippen molar-refractivity contribution in [2.45, 2.75) is 32.2 Å². The Balaban J connectivity index is 2.07. The monoisotopic (exact) mass is 200 g/mol. The summed E-state index contributed by atoms with van der Waals surface area (Å²) >= 11 is 0. The number of carboxylic acids is 1. The predicted molar refractivity (Wildman–Crippen MR) is 42.2 cm³/mol. The van der Waals surface area contributed by atoms with Gasteiger partial charge in [0.1, 0.15) is 5.95 Å². The third-order valence-electron chi connectivity index (χ3n) is 1.77. The van der Waals surface area contributed by atoms with Gasteiger partial charge in [0.2, 0.25) is 6.20 Å². The summed E-state index contributed by atoms with van der Waals surface area (Å²) in [5, 5.41) is 22.4. The van der Waals surface area contributed by atoms with Crippen molar-refractivity contribution in [3.05, 3.63) is 6.20 Å². The number of carbonyl (C=O) groups is 1. The van der Waals surface area contributed by atoms with Gasteiger partial charge in [-0.05, 0) is 12.8 Å². The van der Waals surface area contributed by atoms with Gasteiger partial charge in [-0.3, -0.25) is 4.79 Å². The molecule has 6 heteroatoms. The van der Waals surface area contributed by atoms with E-state index in [9.17, 15) is 9.90 Å². The van der Waals surface area contributed by atoms with Gasteiger partial charge in [0.15, 0.2) is 6.54 Å². The maximum absolute atomic E-state index is 10.5. The summed E-state index contributed by atoms with van der Waals surface area (Å²) in [7, 11) is 0. The van der Waals surface area contributed by atoms with E-state index in [4.69, 9.17) is 5.11 Å². The smallest absolute Gasteiger partial charge is 0.303 e. The van der Waals surface area contributed by atoms with Crippen LogP contribution in [0.4, 0.5) is 0 Å². The molecule has 0 radical (unpaired) electrons. The van der Waals surface area contributed by atoms with Crippen LogP contribution in [0.25, 0.3) is 0 Å². The summed E-state index contributed by atoms with van der Waals surface area (Å²) < 4.78 is 5.74. The summed E-state index contributed by atoms with van der Waals surface area (Å²) in [6, 6.07) is 0. The Morgan fingerprint density at radius 3 is 2.93 bits per heavy atom. The summed E-state index contributed by atoms with van der Waals surface area (Å²) in [5.41, 5.74) is 0. The molecule has 6 nitrogen and oxygen atoms in total. The molecule has 0 amide bonds. The van der Waals surface area contributed by atoms with Gasteiger partial charge in [-0.1, -0.05) is 4.68 Å². The topological polar surface area (TPSA) is 90.3 Å². The standard InChI is InChI=1S/C8H12N2O4/c11-7(12)4-2-1-3-5-10-6-8(13)14-9-10/h6H,1-5H2,(H-,9,11,12,13). The number of hydrogen-bond acceptors (Lipinski definition) is 4. The van der Waals surface area contributed by atoms with Crippen molar-refractivity contribution in [2.24, 2.45) is 0 Å². The van der Waals surface area contributed by atoms with Gasteiger partial charge in [0.05, 0.1) is 5.27 Å². The number of unbranched alkanes of at least 4 members (excludes halogenated alkanes) is 2. The number of nitrogens with zero attached hydrogens (tertiary/aromatic N) is 2. The Morgan fingerprint density at radius 1 is 1.57 bits per heavy atom. The van der Waals surface area contributed by atoms with Gasteiger partial charge >= 0.3 is 5.97 Å². The Kier molecular flexibility index (Phi) is 3.90. The van der Waals surface area contributed by atoms with E-state index in [0.717, 1.165) is 12.8 Å². The fraction of sp³-hybridized carbons (Fsp3) is 0.625. The highest BCUT2D eigenvalue weighted by Gasteiger charge is 2.03. The first-order chi connectivity index (χ1) is 6.68. The Labute approximate surface area is 80.7 Å². The molecule has 0 fully saturated rings. The van der Waals surface area contributed by atoms with Crippen LogP contribution in [0.5, 0.6) is 5.95 Å². The average molecular weight is 200 g/mol. The SMILES string of the molecule is O=C(O)CCCCC[n+]1cc([O-])on1. The molecular formula is C8H12N2O4. The lowest BCUT2D eigenvalue weighted by molar-refractivity contribution is -0.762. The highest BCUT2D eigenvalue weighted by atomic mass is 16.6. The second-order valence-corrected chi connectivity index (χ2v) is 2.99. The molecule has 0 saturated carbocycles. The van der Waals surface area contributed by atoms with Crippen LogP contribution in [-0.2, 0) is 11.3 Å². The molecule has 0 aliphatic rings. The molecule has 0 saturated heterocycles. The number of aliphatic carboxylic acids is 1. The third kappa shape index (κ3) is 3.88. The molecule has 0 aliphatic heterocycles. The summed E-state index contributed by atoms with van der Waals surface area (Å²) in [6.07, 6.45) is 3.72. The lowest BCUT2D eigenvalue weighted by Gasteiger charge is -1.93. The second-order valence-electron chi connectivity index (χ2n) is 2.99. The van der Waals surface area contributed by atoms with E-state index in [-0.39, 0.29) is 6.42 Å². The van der Waals surface area contributed by atoms with Crippen molar-refractivity contribution >= 4 is 5.97 Å². The van der Waals surface area contributed by atoms with Gasteiger partial charge in [-0.15, -0.1) is 0 Å². The molecule has 1 heterocycles. The van der Waals surface area contributed by atoms with Crippen LogP contribution in [0, 0.1) is 0 Å². The molecule has 0 atom stereocenters. The van der Waals surface area contributed by atoms with Crippen molar-refractivity contribution in [3.8, 4) is 5.95 Å². The van der Waals surface area contributed by atoms with Crippen molar-refractivity contribution in [2.75, 3.05) is 0 Å². The maximum atomic E-state index is 10.5. The lowest BCUT2D eigenvalue weighted by atomic mass is 10.2. The van der Waals surface area contributed by atoms with Gasteiger partial charge in [-0.25, -0.2) is 0 Å². The minimum atomic E-state index is -0.777. The molecular weight excluding hydrogens is 188 g/mol. The molecule has 14 heavy (non-hydrogen) atoms. The summed E-state index contributed by atoms with van der Waals surface area (Å²) in [6.45, 7) is 0.589. The van der Waals surface area contributed by atoms with Crippen LogP contribution in [0.3, 0.4) is 0 Å². The minimum Gasteiger partial charge on any atom is -0.539 e. The van der Waals surface area contributed by atoms with Gasteiger partial charge < -0.3 is 14.7 Å². The highest BCUT2D eigenvalue weighted by Crippen LogP contribution is 2.00. The Bertz CT molecular complexity index is 297. The second kappa shape index (κ2) is 5.21. The first kappa shape index (κ1) is 10.5. The number of rotatable bonds is 6. The Morgan fingerprint density at radius 2 is 2.36 bits per heavy atom. The molecule has 0 aliphatic carbocycles. The lowest BCUT2D eigenvalue weighted by Crippen LogP contribution is -2.34. The molecule has 78 valence electrons. The van der Waals surface area contributed by atoms with Gasteiger partial charge in [-0.2, -0.15) is 0 Å². The van der Waals surface area contributed by atoms with Crippen molar-refractivity contribution in [3.63, 3.8) is 0 Å². The van der Waals surface area contributed by atoms with Crippen molar-refractivity contribution in [1.82, 2.24) is 5.27 Å². The molecule has 0 bridgehead atoms. The molecule has 1 N–H and O–H groups in total. The van der Waals surface area contributed by atoms with Crippen LogP contribution >= 0.6 is 0 Å². The minimum absolute atomic E-state index is 0.191. The van der Waals surface area contributed by atoms with E-state index in [2.05, 4.69) is 9.79 Å². The largest absolute Gasteiger partial charge is 0.539 e. The average Bonchev–Trinajstić information content (AvgIpc) is 2.50. The molecule has 0 aromatic carbocycles. The Hall–Kier alpha value is -1.59. The quantitative estimate of drug-likeness (QED) is 0.502. The fourth-order valence-electron chi connectivity index (χ4n) is 1.09. The van der Waals surface area contributed by atoms with E-state index < -0.39 is 11.9 Å². The van der Waals surface area contributed by atoms with Crippen molar-refractivity contribution < 1.29 is 24.2 Å². The van der Waals surface area contributed by atoms with Crippen molar-refractivity contribution in [1.29, 1.82) is 0 Å². The molecule has 1 aromatic rings. The number of hydrogen-bond donors (Lipinski definition) is 1. The third-order valence-corrected chi connectivity index (χ3v) is 1.77. The number of aryl methyl sites for hydroxylation is 1. The first-order valence-electron chi connectivity index (χ1n) is 4.44. The van der Waals surface area contributed by atoms with E-state index in [0.29, 0.717) is 13.0 Å². The molecule has 1 aromatic heterocycles. The predicted octanol–water partition coefficient (Wildman–Crippen LogP) is -0.319. The van der Waals surface area contributed by atoms with Crippen LogP contribution in [0.15, 0.2) is 10.7 Å². The molecule has 1 rings (SSSR count). The van der Waals surface area contributed by atoms with E-state index in [1.807, 2.05) is 0 Å². The van der Waals surface area contributed by atoms with Gasteiger partial charge in [0.25, 0.3) is 0 Å². The van der Waals surface area contributed by atoms with E-state index >= 15 is 0 Å². The normalized spacial score (nSPS) is 10.3. The zero-order valence-corrected chi connectivity index (χ0v) is 7.68. The zero-order valence-electron chi connectivity index (χ0n) is 7.68. The summed E-state index contributed by atoms with van der Waals surface area (Å²) in [4.78, 5) is 10.2. The summed E-state index contributed by atoms with van der Waals surface area (Å²) in [5.74, 6) is -1.24. The van der Waals surface area contributed by atoms with Crippen LogP contribution in [-0.4, -0.2) is 16.3 Å². The van der Waals surface area contributed by atoms with Crippen LogP contribution in [0.1, 0.15) is 25.7 Å². The van der Waals surface area contributed by atoms with E-state index in [1.54, 1.807) is 0 Å². The molecule has 0 spiro atoms. The number of aromatic nitrogens is 2. The fourth-order valence-corrected chi connectivity index (χ4v) is 1.09. The first-order valence-corrected chi connectivity index (χ1v) is 4.44.